The first-order chi connectivity index (χ1) is 10.00. The molecule has 2 aromatic heterocycles. The van der Waals surface area contributed by atoms with Crippen molar-refractivity contribution < 1.29 is 18.3 Å². The van der Waals surface area contributed by atoms with E-state index in [0.29, 0.717) is 24.2 Å². The van der Waals surface area contributed by atoms with Gasteiger partial charge < -0.3 is 5.11 Å². The molecule has 0 saturated heterocycles. The van der Waals surface area contributed by atoms with Crippen molar-refractivity contribution in [2.75, 3.05) is 6.54 Å². The molecule has 1 aliphatic rings. The Bertz CT molecular complexity index is 785. The van der Waals surface area contributed by atoms with Crippen LogP contribution in [0.2, 0.25) is 0 Å². The zero-order valence-corrected chi connectivity index (χ0v) is 12.5. The Kier molecular flexibility index (Phi) is 3.52. The Morgan fingerprint density at radius 2 is 2.19 bits per heavy atom. The van der Waals surface area contributed by atoms with Crippen molar-refractivity contribution in [2.24, 2.45) is 0 Å². The highest BCUT2D eigenvalue weighted by Crippen LogP contribution is 2.28. The summed E-state index contributed by atoms with van der Waals surface area (Å²) < 4.78 is 26.6. The van der Waals surface area contributed by atoms with Gasteiger partial charge in [0.1, 0.15) is 4.21 Å². The van der Waals surface area contributed by atoms with Crippen LogP contribution in [-0.2, 0) is 23.0 Å². The number of thiophene rings is 1. The van der Waals surface area contributed by atoms with Crippen LogP contribution in [0.3, 0.4) is 0 Å². The van der Waals surface area contributed by atoms with Crippen LogP contribution in [0.4, 0.5) is 0 Å². The minimum absolute atomic E-state index is 0.0467. The molecule has 1 aliphatic heterocycles. The van der Waals surface area contributed by atoms with Gasteiger partial charge in [-0.1, -0.05) is 6.07 Å². The molecule has 0 amide bonds. The molecular weight excluding hydrogens is 312 g/mol. The van der Waals surface area contributed by atoms with E-state index >= 15 is 0 Å². The fourth-order valence-corrected chi connectivity index (χ4v) is 4.91. The number of sulfonamides is 1. The van der Waals surface area contributed by atoms with Gasteiger partial charge in [0.05, 0.1) is 5.56 Å². The van der Waals surface area contributed by atoms with Gasteiger partial charge in [-0.3, -0.25) is 4.98 Å². The van der Waals surface area contributed by atoms with Crippen molar-refractivity contribution in [3.8, 4) is 0 Å². The maximum atomic E-state index is 12.5. The van der Waals surface area contributed by atoms with Gasteiger partial charge in [0.2, 0.25) is 0 Å². The van der Waals surface area contributed by atoms with E-state index in [0.717, 1.165) is 11.3 Å². The molecule has 0 atom stereocenters. The van der Waals surface area contributed by atoms with Crippen LogP contribution < -0.4 is 0 Å². The third-order valence-corrected chi connectivity index (χ3v) is 6.62. The third-order valence-electron chi connectivity index (χ3n) is 3.40. The van der Waals surface area contributed by atoms with Crippen molar-refractivity contribution in [2.45, 2.75) is 17.2 Å². The van der Waals surface area contributed by atoms with E-state index < -0.39 is 16.0 Å². The Hall–Kier alpha value is -1.77. The number of rotatable bonds is 3. The normalized spacial score (nSPS) is 15.6. The lowest BCUT2D eigenvalue weighted by atomic mass is 10.0. The largest absolute Gasteiger partial charge is 0.478 e. The van der Waals surface area contributed by atoms with E-state index in [9.17, 15) is 18.3 Å². The molecule has 110 valence electrons. The van der Waals surface area contributed by atoms with Crippen LogP contribution in [0.1, 0.15) is 21.6 Å². The number of hydrogen-bond acceptors (Lipinski definition) is 5. The van der Waals surface area contributed by atoms with Gasteiger partial charge >= 0.3 is 5.97 Å². The van der Waals surface area contributed by atoms with Gasteiger partial charge in [0.25, 0.3) is 10.0 Å². The zero-order valence-electron chi connectivity index (χ0n) is 10.9. The zero-order chi connectivity index (χ0) is 15.0. The molecule has 6 nitrogen and oxygen atoms in total. The monoisotopic (exact) mass is 324 g/mol. The molecule has 3 heterocycles. The lowest BCUT2D eigenvalue weighted by molar-refractivity contribution is 0.0694. The van der Waals surface area contributed by atoms with E-state index in [2.05, 4.69) is 4.98 Å². The molecule has 21 heavy (non-hydrogen) atoms. The van der Waals surface area contributed by atoms with Crippen LogP contribution in [0.5, 0.6) is 0 Å². The van der Waals surface area contributed by atoms with Gasteiger partial charge in [0.15, 0.2) is 0 Å². The second-order valence-corrected chi connectivity index (χ2v) is 7.72. The predicted molar refractivity (Wildman–Crippen MR) is 76.8 cm³/mol. The summed E-state index contributed by atoms with van der Waals surface area (Å²) in [6.45, 7) is 0.356. The average molecular weight is 324 g/mol. The summed E-state index contributed by atoms with van der Waals surface area (Å²) in [5, 5.41) is 10.9. The molecule has 3 rings (SSSR count). The van der Waals surface area contributed by atoms with Gasteiger partial charge in [0, 0.05) is 37.0 Å². The summed E-state index contributed by atoms with van der Waals surface area (Å²) in [5.41, 5.74) is 1.26. The number of carbonyl (C=O) groups is 1. The summed E-state index contributed by atoms with van der Waals surface area (Å²) in [7, 11) is -3.57. The van der Waals surface area contributed by atoms with Crippen LogP contribution in [0, 0.1) is 0 Å². The van der Waals surface area contributed by atoms with E-state index in [4.69, 9.17) is 0 Å². The molecule has 8 heteroatoms. The highest BCUT2D eigenvalue weighted by Gasteiger charge is 2.31. The van der Waals surface area contributed by atoms with Crippen molar-refractivity contribution >= 4 is 27.3 Å². The number of aromatic nitrogens is 1. The van der Waals surface area contributed by atoms with Gasteiger partial charge in [-0.2, -0.15) is 4.31 Å². The Morgan fingerprint density at radius 1 is 1.38 bits per heavy atom. The first-order valence-corrected chi connectivity index (χ1v) is 8.56. The number of carboxylic acid groups (broad SMARTS) is 1. The van der Waals surface area contributed by atoms with E-state index in [-0.39, 0.29) is 16.3 Å². The molecule has 2 aromatic rings. The fraction of sp³-hybridized carbons (Fsp3) is 0.231. The predicted octanol–water partition coefficient (Wildman–Crippen LogP) is 1.59. The fourth-order valence-electron chi connectivity index (χ4n) is 2.36. The number of carboxylic acids is 1. The highest BCUT2D eigenvalue weighted by atomic mass is 32.2. The molecule has 1 N–H and O–H groups in total. The number of nitrogens with zero attached hydrogens (tertiary/aromatic N) is 2. The van der Waals surface area contributed by atoms with Gasteiger partial charge in [-0.05, 0) is 17.5 Å². The summed E-state index contributed by atoms with van der Waals surface area (Å²) >= 11 is 1.15. The Labute approximate surface area is 125 Å². The van der Waals surface area contributed by atoms with Crippen molar-refractivity contribution in [3.05, 3.63) is 46.6 Å². The minimum Gasteiger partial charge on any atom is -0.478 e. The van der Waals surface area contributed by atoms with Crippen LogP contribution in [0.25, 0.3) is 0 Å². The Morgan fingerprint density at radius 3 is 2.86 bits per heavy atom. The van der Waals surface area contributed by atoms with Crippen molar-refractivity contribution in [1.29, 1.82) is 0 Å². The lowest BCUT2D eigenvalue weighted by Gasteiger charge is -2.27. The van der Waals surface area contributed by atoms with Crippen LogP contribution in [0.15, 0.2) is 34.0 Å². The Balaban J connectivity index is 2.00. The quantitative estimate of drug-likeness (QED) is 0.926. The average Bonchev–Trinajstić information content (AvgIpc) is 3.00. The maximum Gasteiger partial charge on any atom is 0.336 e. The highest BCUT2D eigenvalue weighted by molar-refractivity contribution is 7.91. The molecule has 0 radical (unpaired) electrons. The smallest absolute Gasteiger partial charge is 0.336 e. The molecular formula is C13H12N2O4S2. The maximum absolute atomic E-state index is 12.5. The molecule has 0 unspecified atom stereocenters. The number of fused-ring (bicyclic) bond motifs is 1. The van der Waals surface area contributed by atoms with Gasteiger partial charge in [-0.25, -0.2) is 13.2 Å². The van der Waals surface area contributed by atoms with Crippen molar-refractivity contribution in [1.82, 2.24) is 9.29 Å². The standard InChI is InChI=1S/C13H12N2O4S2/c16-13(17)9-3-5-14-11-4-6-15(8-10(9)11)21(18,19)12-2-1-7-20-12/h1-3,5,7H,4,6,8H2,(H,16,17). The summed E-state index contributed by atoms with van der Waals surface area (Å²) in [4.78, 5) is 15.4. The van der Waals surface area contributed by atoms with E-state index in [1.165, 1.54) is 16.6 Å². The summed E-state index contributed by atoms with van der Waals surface area (Å²) in [5.74, 6) is -1.07. The minimum atomic E-state index is -3.57. The second kappa shape index (κ2) is 5.21. The van der Waals surface area contributed by atoms with Crippen LogP contribution >= 0.6 is 11.3 Å². The molecule has 0 aliphatic carbocycles. The number of hydrogen-bond donors (Lipinski definition) is 1. The third kappa shape index (κ3) is 2.45. The topological polar surface area (TPSA) is 87.6 Å². The SMILES string of the molecule is O=C(O)c1ccnc2c1CN(S(=O)(=O)c1cccs1)CC2. The first-order valence-electron chi connectivity index (χ1n) is 6.24. The molecule has 0 aromatic carbocycles. The van der Waals surface area contributed by atoms with E-state index in [1.807, 2.05) is 0 Å². The first kappa shape index (κ1) is 14.2. The number of aromatic carboxylic acids is 1. The summed E-state index contributed by atoms with van der Waals surface area (Å²) in [6, 6.07) is 4.64. The number of pyridine rings is 1. The van der Waals surface area contributed by atoms with Gasteiger partial charge in [-0.15, -0.1) is 11.3 Å². The van der Waals surface area contributed by atoms with Crippen molar-refractivity contribution in [3.63, 3.8) is 0 Å². The second-order valence-electron chi connectivity index (χ2n) is 4.61. The molecule has 0 fully saturated rings. The molecule has 0 saturated carbocycles. The summed E-state index contributed by atoms with van der Waals surface area (Å²) in [6.07, 6.45) is 1.87. The molecule has 0 bridgehead atoms. The van der Waals surface area contributed by atoms with E-state index in [1.54, 1.807) is 17.5 Å². The lowest BCUT2D eigenvalue weighted by Crippen LogP contribution is -2.36. The molecule has 0 spiro atoms. The van der Waals surface area contributed by atoms with Crippen LogP contribution in [-0.4, -0.2) is 35.3 Å².